The average molecular weight is 421 g/mol. The lowest BCUT2D eigenvalue weighted by Gasteiger charge is -2.28. The summed E-state index contributed by atoms with van der Waals surface area (Å²) in [6, 6.07) is 18.2. The largest absolute Gasteiger partial charge is 0.469 e. The number of carbonyl (C=O) groups excluding carboxylic acids is 1. The molecule has 2 aromatic heterocycles. The molecule has 0 spiro atoms. The van der Waals surface area contributed by atoms with Crippen LogP contribution >= 0.6 is 12.2 Å². The van der Waals surface area contributed by atoms with Crippen molar-refractivity contribution < 1.29 is 9.53 Å². The summed E-state index contributed by atoms with van der Waals surface area (Å²) in [7, 11) is 1.40. The van der Waals surface area contributed by atoms with Gasteiger partial charge in [0.15, 0.2) is 5.11 Å². The van der Waals surface area contributed by atoms with Crippen molar-refractivity contribution in [1.29, 1.82) is 0 Å². The Bertz CT molecular complexity index is 1030. The van der Waals surface area contributed by atoms with Crippen LogP contribution in [0.15, 0.2) is 67.0 Å². The molecule has 0 amide bonds. The van der Waals surface area contributed by atoms with Crippen LogP contribution < -0.4 is 5.32 Å². The zero-order chi connectivity index (χ0) is 21.1. The molecule has 0 radical (unpaired) electrons. The molecule has 1 aliphatic rings. The normalized spacial score (nSPS) is 18.3. The molecule has 7 heteroatoms. The Morgan fingerprint density at radius 3 is 2.67 bits per heavy atom. The van der Waals surface area contributed by atoms with Crippen LogP contribution in [-0.2, 0) is 9.53 Å². The van der Waals surface area contributed by atoms with Crippen LogP contribution in [0.25, 0.3) is 5.69 Å². The van der Waals surface area contributed by atoms with Crippen molar-refractivity contribution in [2.45, 2.75) is 25.4 Å². The number of rotatable bonds is 6. The monoisotopic (exact) mass is 420 g/mol. The van der Waals surface area contributed by atoms with Gasteiger partial charge in [0.25, 0.3) is 0 Å². The Morgan fingerprint density at radius 1 is 1.17 bits per heavy atom. The summed E-state index contributed by atoms with van der Waals surface area (Å²) in [5, 5.41) is 4.03. The minimum atomic E-state index is -0.258. The minimum absolute atomic E-state index is 0.117. The molecule has 0 unspecified atom stereocenters. The van der Waals surface area contributed by atoms with Gasteiger partial charge in [-0.2, -0.15) is 0 Å². The molecule has 6 nitrogen and oxygen atoms in total. The Labute approximate surface area is 181 Å². The number of aromatic nitrogens is 2. The maximum absolute atomic E-state index is 11.8. The van der Waals surface area contributed by atoms with Crippen LogP contribution in [0.5, 0.6) is 0 Å². The number of aryl methyl sites for hydroxylation is 1. The van der Waals surface area contributed by atoms with E-state index in [9.17, 15) is 4.79 Å². The predicted molar refractivity (Wildman–Crippen MR) is 119 cm³/mol. The van der Waals surface area contributed by atoms with E-state index in [-0.39, 0.29) is 24.5 Å². The van der Waals surface area contributed by atoms with E-state index in [1.165, 1.54) is 12.7 Å². The Hall–Kier alpha value is -3.19. The Balaban J connectivity index is 1.75. The topological polar surface area (TPSA) is 59.4 Å². The van der Waals surface area contributed by atoms with E-state index < -0.39 is 0 Å². The molecule has 3 heterocycles. The lowest BCUT2D eigenvalue weighted by molar-refractivity contribution is -0.140. The predicted octanol–water partition coefficient (Wildman–Crippen LogP) is 3.72. The van der Waals surface area contributed by atoms with Gasteiger partial charge >= 0.3 is 5.97 Å². The highest BCUT2D eigenvalue weighted by molar-refractivity contribution is 7.80. The highest BCUT2D eigenvalue weighted by Crippen LogP contribution is 2.39. The van der Waals surface area contributed by atoms with Gasteiger partial charge in [0.05, 0.1) is 31.3 Å². The van der Waals surface area contributed by atoms with Crippen LogP contribution in [0.1, 0.15) is 35.5 Å². The summed E-state index contributed by atoms with van der Waals surface area (Å²) in [6.45, 7) is 2.54. The molecular weight excluding hydrogens is 396 g/mol. The third-order valence-corrected chi connectivity index (χ3v) is 5.73. The number of pyridine rings is 1. The van der Waals surface area contributed by atoms with Gasteiger partial charge in [-0.1, -0.05) is 23.8 Å². The SMILES string of the molecule is COC(=O)CCN1C(=S)N[C@@H](c2ccccn2)[C@H]1c1cccn1-c1ccc(C)cc1. The molecule has 3 aromatic rings. The summed E-state index contributed by atoms with van der Waals surface area (Å²) >= 11 is 5.66. The van der Waals surface area contributed by atoms with Crippen molar-refractivity contribution in [2.75, 3.05) is 13.7 Å². The van der Waals surface area contributed by atoms with Crippen molar-refractivity contribution in [1.82, 2.24) is 19.8 Å². The molecule has 1 N–H and O–H groups in total. The van der Waals surface area contributed by atoms with Gasteiger partial charge in [0, 0.05) is 30.3 Å². The summed E-state index contributed by atoms with van der Waals surface area (Å²) in [4.78, 5) is 18.4. The summed E-state index contributed by atoms with van der Waals surface area (Å²) < 4.78 is 7.01. The molecule has 0 saturated carbocycles. The maximum atomic E-state index is 11.8. The number of hydrogen-bond donors (Lipinski definition) is 1. The van der Waals surface area contributed by atoms with Gasteiger partial charge in [0.2, 0.25) is 0 Å². The van der Waals surface area contributed by atoms with Gasteiger partial charge in [-0.3, -0.25) is 9.78 Å². The Morgan fingerprint density at radius 2 is 1.97 bits per heavy atom. The third-order valence-electron chi connectivity index (χ3n) is 5.38. The highest BCUT2D eigenvalue weighted by atomic mass is 32.1. The molecule has 4 rings (SSSR count). The first kappa shape index (κ1) is 20.1. The van der Waals surface area contributed by atoms with E-state index in [2.05, 4.69) is 63.2 Å². The summed E-state index contributed by atoms with van der Waals surface area (Å²) in [5.74, 6) is -0.258. The second-order valence-electron chi connectivity index (χ2n) is 7.28. The van der Waals surface area contributed by atoms with E-state index >= 15 is 0 Å². The fourth-order valence-electron chi connectivity index (χ4n) is 3.86. The maximum Gasteiger partial charge on any atom is 0.307 e. The fraction of sp³-hybridized carbons (Fsp3) is 0.261. The molecule has 30 heavy (non-hydrogen) atoms. The van der Waals surface area contributed by atoms with Gasteiger partial charge in [-0.15, -0.1) is 0 Å². The van der Waals surface area contributed by atoms with Crippen molar-refractivity contribution in [3.05, 3.63) is 83.9 Å². The quantitative estimate of drug-likeness (QED) is 0.485. The van der Waals surface area contributed by atoms with Crippen molar-refractivity contribution >= 4 is 23.3 Å². The number of nitrogens with one attached hydrogen (secondary N) is 1. The van der Waals surface area contributed by atoms with Crippen molar-refractivity contribution in [2.24, 2.45) is 0 Å². The molecule has 154 valence electrons. The molecule has 1 saturated heterocycles. The highest BCUT2D eigenvalue weighted by Gasteiger charge is 2.41. The molecule has 1 fully saturated rings. The third kappa shape index (κ3) is 3.93. The number of benzene rings is 1. The molecule has 0 aliphatic carbocycles. The number of hydrogen-bond acceptors (Lipinski definition) is 4. The zero-order valence-corrected chi connectivity index (χ0v) is 17.8. The van der Waals surface area contributed by atoms with Crippen LogP contribution in [0.3, 0.4) is 0 Å². The number of carbonyl (C=O) groups is 1. The molecule has 0 bridgehead atoms. The molecule has 1 aromatic carbocycles. The standard InChI is InChI=1S/C23H24N4O2S/c1-16-8-10-17(11-9-16)26-14-5-7-19(26)22-21(18-6-3-4-13-24-18)25-23(30)27(22)15-12-20(28)29-2/h3-11,13-14,21-22H,12,15H2,1-2H3,(H,25,30)/t21-,22+/m0/s1. The number of esters is 1. The van der Waals surface area contributed by atoms with Gasteiger partial charge in [-0.05, 0) is 55.5 Å². The van der Waals surface area contributed by atoms with Crippen molar-refractivity contribution in [3.63, 3.8) is 0 Å². The van der Waals surface area contributed by atoms with Crippen LogP contribution in [0, 0.1) is 6.92 Å². The Kier molecular flexibility index (Phi) is 5.81. The molecule has 1 aliphatic heterocycles. The number of nitrogens with zero attached hydrogens (tertiary/aromatic N) is 3. The number of thiocarbonyl (C=S) groups is 1. The van der Waals surface area contributed by atoms with E-state index in [4.69, 9.17) is 17.0 Å². The minimum Gasteiger partial charge on any atom is -0.469 e. The second-order valence-corrected chi connectivity index (χ2v) is 7.67. The fourth-order valence-corrected chi connectivity index (χ4v) is 4.19. The summed E-state index contributed by atoms with van der Waals surface area (Å²) in [6.07, 6.45) is 4.09. The average Bonchev–Trinajstić information content (AvgIpc) is 3.37. The van der Waals surface area contributed by atoms with E-state index in [1.807, 2.05) is 24.3 Å². The van der Waals surface area contributed by atoms with E-state index in [0.717, 1.165) is 17.1 Å². The van der Waals surface area contributed by atoms with Crippen molar-refractivity contribution in [3.8, 4) is 5.69 Å². The first-order chi connectivity index (χ1) is 14.6. The van der Waals surface area contributed by atoms with Crippen LogP contribution in [0.2, 0.25) is 0 Å². The van der Waals surface area contributed by atoms with E-state index in [0.29, 0.717) is 11.7 Å². The van der Waals surface area contributed by atoms with Crippen LogP contribution in [0.4, 0.5) is 0 Å². The van der Waals surface area contributed by atoms with Gasteiger partial charge in [0.1, 0.15) is 0 Å². The van der Waals surface area contributed by atoms with Crippen LogP contribution in [-0.4, -0.2) is 39.2 Å². The number of ether oxygens (including phenoxy) is 1. The lowest BCUT2D eigenvalue weighted by atomic mass is 10.0. The number of methoxy groups -OCH3 is 1. The first-order valence-corrected chi connectivity index (χ1v) is 10.3. The second kappa shape index (κ2) is 8.67. The first-order valence-electron chi connectivity index (χ1n) is 9.87. The zero-order valence-electron chi connectivity index (χ0n) is 17.0. The van der Waals surface area contributed by atoms with E-state index in [1.54, 1.807) is 6.20 Å². The lowest BCUT2D eigenvalue weighted by Crippen LogP contribution is -2.32. The molecular formula is C23H24N4O2S. The summed E-state index contributed by atoms with van der Waals surface area (Å²) in [5.41, 5.74) is 4.27. The molecule has 2 atom stereocenters. The smallest absolute Gasteiger partial charge is 0.307 e. The van der Waals surface area contributed by atoms with Gasteiger partial charge in [-0.25, -0.2) is 0 Å². The van der Waals surface area contributed by atoms with Gasteiger partial charge < -0.3 is 19.5 Å².